The summed E-state index contributed by atoms with van der Waals surface area (Å²) < 4.78 is 5.87. The van der Waals surface area contributed by atoms with Crippen LogP contribution in [0.5, 0.6) is 0 Å². The van der Waals surface area contributed by atoms with Gasteiger partial charge in [0.25, 0.3) is 0 Å². The smallest absolute Gasteiger partial charge is 0.295 e. The first kappa shape index (κ1) is 29.0. The summed E-state index contributed by atoms with van der Waals surface area (Å²) in [6.07, 6.45) is 0. The van der Waals surface area contributed by atoms with Gasteiger partial charge in [0.05, 0.1) is 11.0 Å². The van der Waals surface area contributed by atoms with E-state index in [1.807, 2.05) is 65.9 Å². The Morgan fingerprint density at radius 2 is 1.06 bits per heavy atom. The van der Waals surface area contributed by atoms with Crippen molar-refractivity contribution in [1.82, 2.24) is 24.1 Å². The van der Waals surface area contributed by atoms with Gasteiger partial charge in [-0.3, -0.25) is 9.13 Å². The molecule has 0 fully saturated rings. The van der Waals surface area contributed by atoms with Gasteiger partial charge < -0.3 is 0 Å². The fourth-order valence-corrected chi connectivity index (χ4v) is 7.97. The summed E-state index contributed by atoms with van der Waals surface area (Å²) >= 11 is 1.82. The van der Waals surface area contributed by atoms with Crippen molar-refractivity contribution in [2.45, 2.75) is 0 Å². The van der Waals surface area contributed by atoms with E-state index in [9.17, 15) is 4.79 Å². The quantitative estimate of drug-likeness (QED) is 0.186. The molecule has 9 rings (SSSR count). The molecule has 7 heteroatoms. The summed E-state index contributed by atoms with van der Waals surface area (Å²) in [5, 5.41) is 2.52. The lowest BCUT2D eigenvalue weighted by atomic mass is 9.97. The number of fused-ring (bicyclic) bond motifs is 4. The number of aryl methyl sites for hydroxylation is 2. The maximum Gasteiger partial charge on any atom is 0.328 e. The second-order valence-corrected chi connectivity index (χ2v) is 13.2. The Morgan fingerprint density at radius 1 is 0.469 bits per heavy atom. The highest BCUT2D eigenvalue weighted by Gasteiger charge is 2.18. The molecule has 0 saturated carbocycles. The first-order valence-corrected chi connectivity index (χ1v) is 16.9. The van der Waals surface area contributed by atoms with Crippen molar-refractivity contribution in [3.05, 3.63) is 150 Å². The van der Waals surface area contributed by atoms with Crippen LogP contribution in [0.25, 0.3) is 87.6 Å². The Balaban J connectivity index is 1.22. The minimum absolute atomic E-state index is 0.0454. The third kappa shape index (κ3) is 4.86. The highest BCUT2D eigenvalue weighted by atomic mass is 32.1. The predicted molar refractivity (Wildman–Crippen MR) is 202 cm³/mol. The van der Waals surface area contributed by atoms with Gasteiger partial charge in [-0.25, -0.2) is 19.7 Å². The van der Waals surface area contributed by atoms with Crippen LogP contribution in [0.15, 0.2) is 144 Å². The Hall–Kier alpha value is -6.18. The minimum Gasteiger partial charge on any atom is -0.295 e. The maximum absolute atomic E-state index is 12.6. The zero-order valence-electron chi connectivity index (χ0n) is 26.8. The molecular weight excluding hydrogens is 623 g/mol. The third-order valence-corrected chi connectivity index (χ3v) is 10.5. The molecule has 0 saturated heterocycles. The van der Waals surface area contributed by atoms with E-state index >= 15 is 0 Å². The second-order valence-electron chi connectivity index (χ2n) is 12.2. The van der Waals surface area contributed by atoms with Crippen molar-refractivity contribution in [3.63, 3.8) is 0 Å². The van der Waals surface area contributed by atoms with E-state index in [0.29, 0.717) is 17.5 Å². The van der Waals surface area contributed by atoms with Crippen LogP contribution in [-0.4, -0.2) is 24.1 Å². The summed E-state index contributed by atoms with van der Waals surface area (Å²) in [5.41, 5.74) is 8.73. The first-order valence-electron chi connectivity index (χ1n) is 16.1. The molecule has 0 atom stereocenters. The van der Waals surface area contributed by atoms with Gasteiger partial charge in [0, 0.05) is 56.5 Å². The van der Waals surface area contributed by atoms with Crippen molar-refractivity contribution in [2.24, 2.45) is 14.1 Å². The maximum atomic E-state index is 12.6. The average molecular weight is 652 g/mol. The van der Waals surface area contributed by atoms with Crippen molar-refractivity contribution in [1.29, 1.82) is 0 Å². The summed E-state index contributed by atoms with van der Waals surface area (Å²) in [5.74, 6) is 1.82. The molecule has 0 spiro atoms. The van der Waals surface area contributed by atoms with Crippen LogP contribution in [0.3, 0.4) is 0 Å². The zero-order valence-corrected chi connectivity index (χ0v) is 27.6. The van der Waals surface area contributed by atoms with Crippen molar-refractivity contribution < 1.29 is 0 Å². The molecule has 6 aromatic carbocycles. The van der Waals surface area contributed by atoms with Gasteiger partial charge in [-0.1, -0.05) is 115 Å². The van der Waals surface area contributed by atoms with Crippen LogP contribution in [0, 0.1) is 0 Å². The number of thiophene rings is 1. The summed E-state index contributed by atoms with van der Waals surface area (Å²) in [6, 6.07) is 47.9. The molecule has 0 amide bonds. The van der Waals surface area contributed by atoms with Gasteiger partial charge >= 0.3 is 5.69 Å². The van der Waals surface area contributed by atoms with Gasteiger partial charge in [0.1, 0.15) is 0 Å². The number of imidazole rings is 1. The SMILES string of the molecule is Cn1c(=O)n(C)c2cc(-c3cccc(-c4nc(-c5ccccc5)nc(-c5ccccc5-c5cccc6c5sc5ccccc56)n4)c3)ccc21. The number of benzene rings is 6. The van der Waals surface area contributed by atoms with E-state index in [0.717, 1.165) is 50.0 Å². The number of rotatable bonds is 5. The van der Waals surface area contributed by atoms with Gasteiger partial charge in [-0.2, -0.15) is 0 Å². The minimum atomic E-state index is -0.0454. The van der Waals surface area contributed by atoms with Crippen molar-refractivity contribution in [2.75, 3.05) is 0 Å². The normalized spacial score (nSPS) is 11.6. The van der Waals surface area contributed by atoms with E-state index in [1.54, 1.807) is 23.2 Å². The van der Waals surface area contributed by atoms with Crippen LogP contribution < -0.4 is 5.69 Å². The van der Waals surface area contributed by atoms with E-state index in [2.05, 4.69) is 84.9 Å². The monoisotopic (exact) mass is 651 g/mol. The largest absolute Gasteiger partial charge is 0.328 e. The van der Waals surface area contributed by atoms with Gasteiger partial charge in [0.2, 0.25) is 0 Å². The molecular formula is C42H29N5OS. The van der Waals surface area contributed by atoms with Crippen LogP contribution in [0.1, 0.15) is 0 Å². The Morgan fingerprint density at radius 3 is 1.92 bits per heavy atom. The van der Waals surface area contributed by atoms with E-state index in [1.165, 1.54) is 20.2 Å². The Labute approximate surface area is 286 Å². The van der Waals surface area contributed by atoms with E-state index < -0.39 is 0 Å². The lowest BCUT2D eigenvalue weighted by Gasteiger charge is -2.13. The number of hydrogen-bond donors (Lipinski definition) is 0. The lowest BCUT2D eigenvalue weighted by Crippen LogP contribution is -2.19. The average Bonchev–Trinajstić information content (AvgIpc) is 3.65. The Kier molecular flexibility index (Phi) is 6.81. The molecule has 0 bridgehead atoms. The van der Waals surface area contributed by atoms with E-state index in [-0.39, 0.29) is 5.69 Å². The number of aromatic nitrogens is 5. The zero-order chi connectivity index (χ0) is 33.1. The fourth-order valence-electron chi connectivity index (χ4n) is 6.74. The molecule has 9 aromatic rings. The van der Waals surface area contributed by atoms with Crippen LogP contribution in [-0.2, 0) is 14.1 Å². The molecule has 0 aliphatic heterocycles. The standard InChI is InChI=1S/C42H29N5OS/c1-46-35-23-22-28(25-36(35)47(2)42(46)48)27-14-10-15-29(24-27)40-43-39(26-12-4-3-5-13-26)44-41(45-40)34-18-7-6-16-30(34)32-19-11-20-33-31-17-8-9-21-37(31)49-38(32)33/h3-25H,1-2H3. The molecule has 3 aromatic heterocycles. The molecule has 0 radical (unpaired) electrons. The molecule has 234 valence electrons. The van der Waals surface area contributed by atoms with Gasteiger partial charge in [-0.05, 0) is 41.0 Å². The first-order chi connectivity index (χ1) is 24.0. The highest BCUT2D eigenvalue weighted by molar-refractivity contribution is 7.26. The molecule has 0 N–H and O–H groups in total. The van der Waals surface area contributed by atoms with Gasteiger partial charge in [-0.15, -0.1) is 11.3 Å². The fraction of sp³-hybridized carbons (Fsp3) is 0.0476. The number of nitrogens with zero attached hydrogens (tertiary/aromatic N) is 5. The summed E-state index contributed by atoms with van der Waals surface area (Å²) in [6.45, 7) is 0. The van der Waals surface area contributed by atoms with Crippen LogP contribution in [0.2, 0.25) is 0 Å². The molecule has 0 aliphatic carbocycles. The molecule has 49 heavy (non-hydrogen) atoms. The summed E-state index contributed by atoms with van der Waals surface area (Å²) in [7, 11) is 3.61. The molecule has 3 heterocycles. The molecule has 6 nitrogen and oxygen atoms in total. The van der Waals surface area contributed by atoms with E-state index in [4.69, 9.17) is 15.0 Å². The second kappa shape index (κ2) is 11.5. The summed E-state index contributed by atoms with van der Waals surface area (Å²) in [4.78, 5) is 27.9. The van der Waals surface area contributed by atoms with Crippen molar-refractivity contribution >= 4 is 42.5 Å². The molecule has 0 unspecified atom stereocenters. The third-order valence-electron chi connectivity index (χ3n) is 9.26. The van der Waals surface area contributed by atoms with Crippen LogP contribution >= 0.6 is 11.3 Å². The van der Waals surface area contributed by atoms with Gasteiger partial charge in [0.15, 0.2) is 17.5 Å². The predicted octanol–water partition coefficient (Wildman–Crippen LogP) is 9.76. The molecule has 0 aliphatic rings. The topological polar surface area (TPSA) is 65.6 Å². The Bertz CT molecular complexity index is 2780. The van der Waals surface area contributed by atoms with Crippen molar-refractivity contribution in [3.8, 4) is 56.4 Å². The number of hydrogen-bond acceptors (Lipinski definition) is 5. The van der Waals surface area contributed by atoms with Crippen LogP contribution in [0.4, 0.5) is 0 Å². The highest BCUT2D eigenvalue weighted by Crippen LogP contribution is 2.42. The lowest BCUT2D eigenvalue weighted by molar-refractivity contribution is 0.795.